The molecule has 0 atom stereocenters. The van der Waals surface area contributed by atoms with Crippen molar-refractivity contribution in [1.29, 1.82) is 0 Å². The number of aliphatic imine (C=N–C) groups is 1. The van der Waals surface area contributed by atoms with Crippen LogP contribution in [0.1, 0.15) is 23.1 Å². The Balaban J connectivity index is 1.83. The monoisotopic (exact) mass is 452 g/mol. The Morgan fingerprint density at radius 1 is 1.00 bits per heavy atom. The van der Waals surface area contributed by atoms with E-state index in [4.69, 9.17) is 16.6 Å². The molecule has 5 heteroatoms. The SMILES string of the molecule is O=C1CCN=C(c2ccccc2)c2cc(Cl)ccc2N1Cc1cccc(Br)c1. The van der Waals surface area contributed by atoms with Gasteiger partial charge in [-0.15, -0.1) is 0 Å². The first-order chi connectivity index (χ1) is 13.6. The highest BCUT2D eigenvalue weighted by Crippen LogP contribution is 2.31. The second kappa shape index (κ2) is 8.29. The number of anilines is 1. The summed E-state index contributed by atoms with van der Waals surface area (Å²) in [5.74, 6) is 0.0550. The highest BCUT2D eigenvalue weighted by atomic mass is 79.9. The topological polar surface area (TPSA) is 32.7 Å². The molecule has 1 aliphatic heterocycles. The number of benzene rings is 3. The van der Waals surface area contributed by atoms with Crippen LogP contribution in [0.2, 0.25) is 5.02 Å². The second-order valence-corrected chi connectivity index (χ2v) is 7.97. The fraction of sp³-hybridized carbons (Fsp3) is 0.130. The number of amides is 1. The third-order valence-electron chi connectivity index (χ3n) is 4.68. The molecule has 1 aliphatic rings. The number of halogens is 2. The van der Waals surface area contributed by atoms with Crippen LogP contribution in [0, 0.1) is 0 Å². The summed E-state index contributed by atoms with van der Waals surface area (Å²) in [6.45, 7) is 0.943. The number of carbonyl (C=O) groups excluding carboxylic acids is 1. The summed E-state index contributed by atoms with van der Waals surface area (Å²) in [6, 6.07) is 23.7. The average Bonchev–Trinajstić information content (AvgIpc) is 2.69. The first-order valence-electron chi connectivity index (χ1n) is 9.06. The fourth-order valence-corrected chi connectivity index (χ4v) is 4.00. The van der Waals surface area contributed by atoms with Crippen molar-refractivity contribution in [3.8, 4) is 0 Å². The average molecular weight is 454 g/mol. The third kappa shape index (κ3) is 4.03. The van der Waals surface area contributed by atoms with Gasteiger partial charge < -0.3 is 4.90 Å². The van der Waals surface area contributed by atoms with E-state index in [9.17, 15) is 4.79 Å². The Hall–Kier alpha value is -2.43. The minimum atomic E-state index is 0.0550. The van der Waals surface area contributed by atoms with E-state index < -0.39 is 0 Å². The normalized spacial score (nSPS) is 14.1. The van der Waals surface area contributed by atoms with E-state index in [-0.39, 0.29) is 5.91 Å². The van der Waals surface area contributed by atoms with Gasteiger partial charge in [-0.25, -0.2) is 0 Å². The van der Waals surface area contributed by atoms with Crippen molar-refractivity contribution in [1.82, 2.24) is 0 Å². The maximum absolute atomic E-state index is 13.0. The molecule has 0 unspecified atom stereocenters. The van der Waals surface area contributed by atoms with Crippen molar-refractivity contribution >= 4 is 44.8 Å². The van der Waals surface area contributed by atoms with Crippen molar-refractivity contribution in [2.75, 3.05) is 11.4 Å². The summed E-state index contributed by atoms with van der Waals surface area (Å²) in [4.78, 5) is 19.5. The van der Waals surface area contributed by atoms with Crippen molar-refractivity contribution in [2.24, 2.45) is 4.99 Å². The molecule has 0 spiro atoms. The minimum Gasteiger partial charge on any atom is -0.307 e. The van der Waals surface area contributed by atoms with Crippen molar-refractivity contribution in [2.45, 2.75) is 13.0 Å². The Morgan fingerprint density at radius 2 is 1.82 bits per heavy atom. The van der Waals surface area contributed by atoms with Crippen LogP contribution in [0.15, 0.2) is 82.3 Å². The predicted octanol–water partition coefficient (Wildman–Crippen LogP) is 5.88. The number of hydrogen-bond donors (Lipinski definition) is 0. The summed E-state index contributed by atoms with van der Waals surface area (Å²) in [7, 11) is 0. The largest absolute Gasteiger partial charge is 0.307 e. The lowest BCUT2D eigenvalue weighted by molar-refractivity contribution is -0.118. The van der Waals surface area contributed by atoms with E-state index in [1.807, 2.05) is 77.7 Å². The molecular weight excluding hydrogens is 436 g/mol. The van der Waals surface area contributed by atoms with Gasteiger partial charge >= 0.3 is 0 Å². The molecule has 0 saturated carbocycles. The van der Waals surface area contributed by atoms with Gasteiger partial charge in [-0.1, -0.05) is 70.0 Å². The molecule has 0 radical (unpaired) electrons. The number of hydrogen-bond acceptors (Lipinski definition) is 2. The first-order valence-corrected chi connectivity index (χ1v) is 10.2. The third-order valence-corrected chi connectivity index (χ3v) is 5.41. The van der Waals surface area contributed by atoms with Crippen LogP contribution in [0.3, 0.4) is 0 Å². The fourth-order valence-electron chi connectivity index (χ4n) is 3.39. The highest BCUT2D eigenvalue weighted by molar-refractivity contribution is 9.10. The molecular formula is C23H18BrClN2O. The zero-order chi connectivity index (χ0) is 19.5. The van der Waals surface area contributed by atoms with Crippen molar-refractivity contribution < 1.29 is 4.79 Å². The molecule has 0 aliphatic carbocycles. The van der Waals surface area contributed by atoms with Gasteiger partial charge in [-0.2, -0.15) is 0 Å². The zero-order valence-corrected chi connectivity index (χ0v) is 17.5. The number of carbonyl (C=O) groups is 1. The lowest BCUT2D eigenvalue weighted by Gasteiger charge is -2.28. The molecule has 1 heterocycles. The summed E-state index contributed by atoms with van der Waals surface area (Å²) in [6.07, 6.45) is 0.367. The Kier molecular flexibility index (Phi) is 5.60. The Bertz CT molecular complexity index is 1050. The standard InChI is InChI=1S/C23H18BrClN2O/c24-18-8-4-5-16(13-18)15-27-21-10-9-19(25)14-20(21)23(26-12-11-22(27)28)17-6-2-1-3-7-17/h1-10,13-14H,11-12,15H2. The van der Waals surface area contributed by atoms with Gasteiger partial charge in [0.15, 0.2) is 0 Å². The van der Waals surface area contributed by atoms with Crippen LogP contribution < -0.4 is 4.90 Å². The zero-order valence-electron chi connectivity index (χ0n) is 15.1. The summed E-state index contributed by atoms with van der Waals surface area (Å²) in [5, 5.41) is 0.623. The van der Waals surface area contributed by atoms with Crippen LogP contribution >= 0.6 is 27.5 Å². The van der Waals surface area contributed by atoms with Crippen LogP contribution in [0.25, 0.3) is 0 Å². The second-order valence-electron chi connectivity index (χ2n) is 6.62. The molecule has 3 nitrogen and oxygen atoms in total. The summed E-state index contributed by atoms with van der Waals surface area (Å²) >= 11 is 9.84. The molecule has 28 heavy (non-hydrogen) atoms. The van der Waals surface area contributed by atoms with Crippen LogP contribution in [-0.2, 0) is 11.3 Å². The van der Waals surface area contributed by atoms with Gasteiger partial charge in [-0.3, -0.25) is 9.79 Å². The van der Waals surface area contributed by atoms with Crippen LogP contribution in [0.4, 0.5) is 5.69 Å². The molecule has 3 aromatic carbocycles. The maximum Gasteiger partial charge on any atom is 0.229 e. The number of fused-ring (bicyclic) bond motifs is 1. The van der Waals surface area contributed by atoms with Gasteiger partial charge in [0.2, 0.25) is 5.91 Å². The highest BCUT2D eigenvalue weighted by Gasteiger charge is 2.24. The molecule has 0 fully saturated rings. The number of rotatable bonds is 3. The molecule has 0 N–H and O–H groups in total. The minimum absolute atomic E-state index is 0.0550. The summed E-state index contributed by atoms with van der Waals surface area (Å²) < 4.78 is 0.993. The van der Waals surface area contributed by atoms with Gasteiger partial charge in [-0.05, 0) is 35.9 Å². The van der Waals surface area contributed by atoms with Gasteiger partial charge in [0, 0.05) is 33.6 Å². The molecule has 0 bridgehead atoms. The maximum atomic E-state index is 13.0. The van der Waals surface area contributed by atoms with E-state index in [2.05, 4.69) is 15.9 Å². The molecule has 4 rings (SSSR count). The van der Waals surface area contributed by atoms with Crippen LogP contribution in [-0.4, -0.2) is 18.2 Å². The lowest BCUT2D eigenvalue weighted by Crippen LogP contribution is -2.33. The van der Waals surface area contributed by atoms with Gasteiger partial charge in [0.25, 0.3) is 0 Å². The number of nitrogens with zero attached hydrogens (tertiary/aromatic N) is 2. The first kappa shape index (κ1) is 18.9. The molecule has 0 aromatic heterocycles. The predicted molar refractivity (Wildman–Crippen MR) is 118 cm³/mol. The van der Waals surface area contributed by atoms with E-state index in [0.29, 0.717) is 24.5 Å². The molecule has 1 amide bonds. The van der Waals surface area contributed by atoms with E-state index in [1.54, 1.807) is 0 Å². The molecule has 0 saturated heterocycles. The summed E-state index contributed by atoms with van der Waals surface area (Å²) in [5.41, 5.74) is 4.65. The van der Waals surface area contributed by atoms with E-state index in [0.717, 1.165) is 32.6 Å². The van der Waals surface area contributed by atoms with Crippen LogP contribution in [0.5, 0.6) is 0 Å². The van der Waals surface area contributed by atoms with Gasteiger partial charge in [0.05, 0.1) is 17.9 Å². The smallest absolute Gasteiger partial charge is 0.229 e. The Morgan fingerprint density at radius 3 is 2.61 bits per heavy atom. The quantitative estimate of drug-likeness (QED) is 0.487. The van der Waals surface area contributed by atoms with Crippen molar-refractivity contribution in [3.05, 3.63) is 99.0 Å². The molecule has 140 valence electrons. The van der Waals surface area contributed by atoms with E-state index in [1.165, 1.54) is 0 Å². The van der Waals surface area contributed by atoms with Gasteiger partial charge in [0.1, 0.15) is 0 Å². The Labute approximate surface area is 177 Å². The molecule has 3 aromatic rings. The van der Waals surface area contributed by atoms with Crippen molar-refractivity contribution in [3.63, 3.8) is 0 Å². The van der Waals surface area contributed by atoms with E-state index >= 15 is 0 Å². The lowest BCUT2D eigenvalue weighted by atomic mass is 9.98.